The lowest BCUT2D eigenvalue weighted by Gasteiger charge is -2.00. The molecule has 0 unspecified atom stereocenters. The van der Waals surface area contributed by atoms with Crippen molar-refractivity contribution in [2.45, 2.75) is 0 Å². The van der Waals surface area contributed by atoms with Gasteiger partial charge in [0.2, 0.25) is 0 Å². The van der Waals surface area contributed by atoms with Crippen LogP contribution in [0.1, 0.15) is 10.5 Å². The Hall–Kier alpha value is -1.29. The summed E-state index contributed by atoms with van der Waals surface area (Å²) >= 11 is 3.18. The molecule has 2 aromatic rings. The first-order valence-corrected chi connectivity index (χ1v) is 4.70. The van der Waals surface area contributed by atoms with E-state index in [1.54, 1.807) is 6.07 Å². The van der Waals surface area contributed by atoms with Crippen LogP contribution in [0.5, 0.6) is 0 Å². The van der Waals surface area contributed by atoms with Crippen molar-refractivity contribution >= 4 is 33.0 Å². The summed E-state index contributed by atoms with van der Waals surface area (Å²) in [6.45, 7) is 0. The van der Waals surface area contributed by atoms with Crippen molar-refractivity contribution in [3.8, 4) is 0 Å². The Morgan fingerprint density at radius 3 is 2.86 bits per heavy atom. The number of fused-ring (bicyclic) bond motifs is 1. The van der Waals surface area contributed by atoms with E-state index in [2.05, 4.69) is 20.9 Å². The molecule has 1 aromatic heterocycles. The lowest BCUT2D eigenvalue weighted by Crippen LogP contribution is -1.88. The lowest BCUT2D eigenvalue weighted by atomic mass is 10.1. The number of carbonyl (C=O) groups excluding carboxylic acids is 1. The maximum atomic E-state index is 13.4. The van der Waals surface area contributed by atoms with Crippen LogP contribution in [0.4, 0.5) is 4.39 Å². The quantitative estimate of drug-likeness (QED) is 0.732. The number of nitrogens with zero attached hydrogens (tertiary/aromatic N) is 1. The van der Waals surface area contributed by atoms with Gasteiger partial charge in [0, 0.05) is 21.4 Å². The molecule has 70 valence electrons. The fourth-order valence-corrected chi connectivity index (χ4v) is 1.71. The third-order valence-corrected chi connectivity index (χ3v) is 2.35. The molecule has 14 heavy (non-hydrogen) atoms. The second-order valence-electron chi connectivity index (χ2n) is 2.84. The van der Waals surface area contributed by atoms with Crippen LogP contribution in [0.3, 0.4) is 0 Å². The summed E-state index contributed by atoms with van der Waals surface area (Å²) in [5, 5.41) is 1.08. The van der Waals surface area contributed by atoms with Crippen LogP contribution in [0.2, 0.25) is 0 Å². The van der Waals surface area contributed by atoms with Crippen molar-refractivity contribution in [1.82, 2.24) is 4.98 Å². The van der Waals surface area contributed by atoms with E-state index < -0.39 is 0 Å². The Kier molecular flexibility index (Phi) is 2.29. The highest BCUT2D eigenvalue weighted by molar-refractivity contribution is 9.10. The third kappa shape index (κ3) is 1.53. The van der Waals surface area contributed by atoms with Gasteiger partial charge in [0.05, 0.1) is 0 Å². The standard InChI is InChI=1S/C10H5BrFNO/c11-7-1-6-4-13-8(5-14)3-9(6)10(12)2-7/h1-5H. The van der Waals surface area contributed by atoms with E-state index in [4.69, 9.17) is 0 Å². The molecule has 0 saturated carbocycles. The number of benzene rings is 1. The first-order chi connectivity index (χ1) is 6.70. The number of aromatic nitrogens is 1. The molecule has 2 nitrogen and oxygen atoms in total. The van der Waals surface area contributed by atoms with E-state index >= 15 is 0 Å². The van der Waals surface area contributed by atoms with E-state index in [9.17, 15) is 9.18 Å². The zero-order valence-electron chi connectivity index (χ0n) is 7.00. The van der Waals surface area contributed by atoms with E-state index in [1.807, 2.05) is 0 Å². The van der Waals surface area contributed by atoms with Gasteiger partial charge in [-0.2, -0.15) is 0 Å². The number of carbonyl (C=O) groups is 1. The van der Waals surface area contributed by atoms with E-state index in [-0.39, 0.29) is 11.5 Å². The fourth-order valence-electron chi connectivity index (χ4n) is 1.26. The van der Waals surface area contributed by atoms with Gasteiger partial charge >= 0.3 is 0 Å². The van der Waals surface area contributed by atoms with Crippen LogP contribution in [0.25, 0.3) is 10.8 Å². The van der Waals surface area contributed by atoms with Crippen LogP contribution in [-0.4, -0.2) is 11.3 Å². The molecule has 0 fully saturated rings. The molecule has 0 radical (unpaired) electrons. The third-order valence-electron chi connectivity index (χ3n) is 1.89. The van der Waals surface area contributed by atoms with Crippen LogP contribution < -0.4 is 0 Å². The molecule has 0 bridgehead atoms. The number of halogens is 2. The van der Waals surface area contributed by atoms with Gasteiger partial charge in [-0.15, -0.1) is 0 Å². The van der Waals surface area contributed by atoms with Gasteiger partial charge in [-0.05, 0) is 18.2 Å². The Morgan fingerprint density at radius 1 is 1.36 bits per heavy atom. The van der Waals surface area contributed by atoms with Crippen molar-refractivity contribution in [2.24, 2.45) is 0 Å². The molecule has 0 aliphatic rings. The Labute approximate surface area is 87.9 Å². The van der Waals surface area contributed by atoms with Gasteiger partial charge in [0.1, 0.15) is 11.5 Å². The smallest absolute Gasteiger partial charge is 0.168 e. The second kappa shape index (κ2) is 3.46. The highest BCUT2D eigenvalue weighted by Gasteiger charge is 2.04. The van der Waals surface area contributed by atoms with Crippen LogP contribution in [-0.2, 0) is 0 Å². The maximum absolute atomic E-state index is 13.4. The zero-order chi connectivity index (χ0) is 10.1. The minimum absolute atomic E-state index is 0.235. The minimum atomic E-state index is -0.361. The van der Waals surface area contributed by atoms with Gasteiger partial charge in [0.15, 0.2) is 6.29 Å². The largest absolute Gasteiger partial charge is 0.296 e. The van der Waals surface area contributed by atoms with Crippen molar-refractivity contribution in [1.29, 1.82) is 0 Å². The minimum Gasteiger partial charge on any atom is -0.296 e. The number of hydrogen-bond donors (Lipinski definition) is 0. The zero-order valence-corrected chi connectivity index (χ0v) is 8.58. The SMILES string of the molecule is O=Cc1cc2c(F)cc(Br)cc2cn1. The van der Waals surface area contributed by atoms with Crippen molar-refractivity contribution < 1.29 is 9.18 Å². The van der Waals surface area contributed by atoms with E-state index in [0.29, 0.717) is 21.5 Å². The number of hydrogen-bond acceptors (Lipinski definition) is 2. The predicted molar refractivity (Wildman–Crippen MR) is 54.8 cm³/mol. The summed E-state index contributed by atoms with van der Waals surface area (Å²) in [6, 6.07) is 4.54. The molecule has 0 aliphatic heterocycles. The first kappa shape index (κ1) is 9.27. The summed E-state index contributed by atoms with van der Waals surface area (Å²) in [5.41, 5.74) is 0.235. The molecular formula is C10H5BrFNO. The van der Waals surface area contributed by atoms with Crippen molar-refractivity contribution in [3.05, 3.63) is 40.4 Å². The van der Waals surface area contributed by atoms with Gasteiger partial charge in [-0.25, -0.2) is 4.39 Å². The Bertz CT molecular complexity index is 513. The summed E-state index contributed by atoms with van der Waals surface area (Å²) in [5.74, 6) is -0.361. The normalized spacial score (nSPS) is 10.4. The van der Waals surface area contributed by atoms with E-state index in [1.165, 1.54) is 18.3 Å². The molecule has 2 rings (SSSR count). The first-order valence-electron chi connectivity index (χ1n) is 3.90. The molecular weight excluding hydrogens is 249 g/mol. The molecule has 0 N–H and O–H groups in total. The highest BCUT2D eigenvalue weighted by Crippen LogP contribution is 2.22. The Morgan fingerprint density at radius 2 is 2.14 bits per heavy atom. The molecule has 1 aromatic carbocycles. The number of rotatable bonds is 1. The fraction of sp³-hybridized carbons (Fsp3) is 0. The van der Waals surface area contributed by atoms with Gasteiger partial charge in [-0.3, -0.25) is 9.78 Å². The second-order valence-corrected chi connectivity index (χ2v) is 3.75. The summed E-state index contributed by atoms with van der Waals surface area (Å²) in [6.07, 6.45) is 2.08. The summed E-state index contributed by atoms with van der Waals surface area (Å²) in [7, 11) is 0. The van der Waals surface area contributed by atoms with Crippen LogP contribution in [0, 0.1) is 5.82 Å². The highest BCUT2D eigenvalue weighted by atomic mass is 79.9. The number of aldehydes is 1. The van der Waals surface area contributed by atoms with Crippen molar-refractivity contribution in [2.75, 3.05) is 0 Å². The molecule has 0 aliphatic carbocycles. The van der Waals surface area contributed by atoms with Crippen molar-refractivity contribution in [3.63, 3.8) is 0 Å². The van der Waals surface area contributed by atoms with Crippen LogP contribution >= 0.6 is 15.9 Å². The molecule has 1 heterocycles. The monoisotopic (exact) mass is 253 g/mol. The maximum Gasteiger partial charge on any atom is 0.168 e. The average Bonchev–Trinajstić information content (AvgIpc) is 2.17. The molecule has 0 spiro atoms. The van der Waals surface area contributed by atoms with E-state index in [0.717, 1.165) is 0 Å². The molecule has 0 amide bonds. The van der Waals surface area contributed by atoms with Gasteiger partial charge in [-0.1, -0.05) is 15.9 Å². The molecule has 0 atom stereocenters. The summed E-state index contributed by atoms with van der Waals surface area (Å²) < 4.78 is 14.0. The topological polar surface area (TPSA) is 30.0 Å². The summed E-state index contributed by atoms with van der Waals surface area (Å²) in [4.78, 5) is 14.3. The number of pyridine rings is 1. The lowest BCUT2D eigenvalue weighted by molar-refractivity contribution is 0.111. The molecule has 4 heteroatoms. The van der Waals surface area contributed by atoms with Crippen LogP contribution in [0.15, 0.2) is 28.9 Å². The predicted octanol–water partition coefficient (Wildman–Crippen LogP) is 2.95. The average molecular weight is 254 g/mol. The van der Waals surface area contributed by atoms with Gasteiger partial charge in [0.25, 0.3) is 0 Å². The molecule has 0 saturated heterocycles. The Balaban J connectivity index is 2.81. The van der Waals surface area contributed by atoms with Gasteiger partial charge < -0.3 is 0 Å².